The van der Waals surface area contributed by atoms with Crippen molar-refractivity contribution < 1.29 is 5.11 Å². The van der Waals surface area contributed by atoms with E-state index in [1.807, 2.05) is 6.07 Å². The van der Waals surface area contributed by atoms with Crippen molar-refractivity contribution in [3.8, 4) is 22.7 Å². The zero-order valence-corrected chi connectivity index (χ0v) is 14.6. The van der Waals surface area contributed by atoms with Gasteiger partial charge in [-0.15, -0.1) is 10.2 Å². The lowest BCUT2D eigenvalue weighted by molar-refractivity contribution is 0.402. The highest BCUT2D eigenvalue weighted by Gasteiger charge is 2.23. The van der Waals surface area contributed by atoms with Crippen LogP contribution in [-0.4, -0.2) is 60.5 Å². The number of hydrogen-bond donors (Lipinski definition) is 2. The molecule has 3 aromatic rings. The minimum Gasteiger partial charge on any atom is -0.507 e. The maximum absolute atomic E-state index is 10.3. The molecule has 4 rings (SSSR count). The normalized spacial score (nSPS) is 20.3. The number of hydrogen-bond acceptors (Lipinski definition) is 8. The van der Waals surface area contributed by atoms with Crippen LogP contribution in [-0.2, 0) is 0 Å². The van der Waals surface area contributed by atoms with Crippen molar-refractivity contribution in [3.05, 3.63) is 36.8 Å². The monoisotopic (exact) mass is 352 g/mol. The van der Waals surface area contributed by atoms with Gasteiger partial charge in [0.05, 0.1) is 24.3 Å². The lowest BCUT2D eigenvalue weighted by Gasteiger charge is -2.35. The maximum atomic E-state index is 10.3. The Bertz CT molecular complexity index is 870. The summed E-state index contributed by atoms with van der Waals surface area (Å²) in [6, 6.07) is 5.90. The van der Waals surface area contributed by atoms with E-state index in [9.17, 15) is 5.11 Å². The van der Waals surface area contributed by atoms with Gasteiger partial charge in [-0.3, -0.25) is 0 Å². The molecule has 9 heteroatoms. The number of anilines is 1. The summed E-state index contributed by atoms with van der Waals surface area (Å²) in [5.74, 6) is 0.680. The number of benzene rings is 1. The van der Waals surface area contributed by atoms with E-state index in [0.717, 1.165) is 13.1 Å². The van der Waals surface area contributed by atoms with Gasteiger partial charge in [0.25, 0.3) is 0 Å². The molecule has 0 spiro atoms. The molecular weight excluding hydrogens is 332 g/mol. The van der Waals surface area contributed by atoms with Crippen LogP contribution >= 0.6 is 0 Å². The van der Waals surface area contributed by atoms with Gasteiger partial charge in [-0.2, -0.15) is 15.0 Å². The largest absolute Gasteiger partial charge is 0.507 e. The van der Waals surface area contributed by atoms with Crippen LogP contribution in [0.1, 0.15) is 13.8 Å². The van der Waals surface area contributed by atoms with Gasteiger partial charge >= 0.3 is 0 Å². The average Bonchev–Trinajstić information content (AvgIpc) is 3.16. The molecule has 0 radical (unpaired) electrons. The van der Waals surface area contributed by atoms with Crippen LogP contribution in [0.15, 0.2) is 36.8 Å². The molecule has 9 nitrogen and oxygen atoms in total. The Morgan fingerprint density at radius 2 is 1.81 bits per heavy atom. The predicted octanol–water partition coefficient (Wildman–Crippen LogP) is 1.01. The molecule has 0 bridgehead atoms. The second kappa shape index (κ2) is 6.68. The van der Waals surface area contributed by atoms with Gasteiger partial charge < -0.3 is 15.3 Å². The lowest BCUT2D eigenvalue weighted by atomic mass is 10.1. The summed E-state index contributed by atoms with van der Waals surface area (Å²) in [6.45, 7) is 5.95. The van der Waals surface area contributed by atoms with Gasteiger partial charge in [-0.1, -0.05) is 0 Å². The van der Waals surface area contributed by atoms with Crippen molar-refractivity contribution in [3.63, 3.8) is 0 Å². The second-order valence-corrected chi connectivity index (χ2v) is 6.54. The van der Waals surface area contributed by atoms with E-state index < -0.39 is 0 Å². The summed E-state index contributed by atoms with van der Waals surface area (Å²) in [5.41, 5.74) is 1.74. The molecule has 1 aliphatic heterocycles. The van der Waals surface area contributed by atoms with Crippen molar-refractivity contribution in [1.29, 1.82) is 0 Å². The summed E-state index contributed by atoms with van der Waals surface area (Å²) in [7, 11) is 0. The molecule has 2 N–H and O–H groups in total. The molecule has 1 aliphatic rings. The van der Waals surface area contributed by atoms with Crippen LogP contribution in [0.25, 0.3) is 16.9 Å². The topological polar surface area (TPSA) is 105 Å². The first-order valence-electron chi connectivity index (χ1n) is 8.51. The number of phenols is 1. The third kappa shape index (κ3) is 3.21. The zero-order chi connectivity index (χ0) is 18.1. The van der Waals surface area contributed by atoms with Crippen LogP contribution in [0, 0.1) is 0 Å². The van der Waals surface area contributed by atoms with E-state index >= 15 is 0 Å². The molecule has 2 atom stereocenters. The van der Waals surface area contributed by atoms with Crippen molar-refractivity contribution in [2.75, 3.05) is 18.0 Å². The van der Waals surface area contributed by atoms with Crippen molar-refractivity contribution in [1.82, 2.24) is 35.5 Å². The van der Waals surface area contributed by atoms with Crippen LogP contribution in [0.2, 0.25) is 0 Å². The molecule has 0 saturated carbocycles. The second-order valence-electron chi connectivity index (χ2n) is 6.54. The van der Waals surface area contributed by atoms with Gasteiger partial charge in [0, 0.05) is 36.8 Å². The van der Waals surface area contributed by atoms with Gasteiger partial charge in [0.2, 0.25) is 5.95 Å². The summed E-state index contributed by atoms with van der Waals surface area (Å²) < 4.78 is 0. The quantitative estimate of drug-likeness (QED) is 0.720. The molecule has 1 aromatic carbocycles. The Kier molecular flexibility index (Phi) is 4.21. The Balaban J connectivity index is 1.57. The third-order valence-electron chi connectivity index (χ3n) is 4.30. The van der Waals surface area contributed by atoms with Crippen molar-refractivity contribution >= 4 is 5.95 Å². The Hall–Kier alpha value is -3.07. The summed E-state index contributed by atoms with van der Waals surface area (Å²) in [5, 5.41) is 30.4. The Morgan fingerprint density at radius 3 is 2.42 bits per heavy atom. The summed E-state index contributed by atoms with van der Waals surface area (Å²) in [4.78, 5) is 8.00. The number of nitrogens with one attached hydrogen (secondary N) is 1. The van der Waals surface area contributed by atoms with Crippen LogP contribution in [0.4, 0.5) is 5.95 Å². The van der Waals surface area contributed by atoms with E-state index in [-0.39, 0.29) is 5.75 Å². The molecule has 134 valence electrons. The van der Waals surface area contributed by atoms with Crippen LogP contribution in [0.5, 0.6) is 5.75 Å². The highest BCUT2D eigenvalue weighted by atomic mass is 16.3. The maximum Gasteiger partial charge on any atom is 0.245 e. The summed E-state index contributed by atoms with van der Waals surface area (Å²) in [6.07, 6.45) is 4.80. The van der Waals surface area contributed by atoms with Gasteiger partial charge in [0.1, 0.15) is 11.4 Å². The number of piperazine rings is 1. The average molecular weight is 352 g/mol. The van der Waals surface area contributed by atoms with Crippen LogP contribution < -0.4 is 10.2 Å². The van der Waals surface area contributed by atoms with E-state index in [1.54, 1.807) is 30.7 Å². The van der Waals surface area contributed by atoms with Gasteiger partial charge in [-0.25, -0.2) is 4.98 Å². The lowest BCUT2D eigenvalue weighted by Crippen LogP contribution is -2.54. The molecule has 0 aliphatic carbocycles. The molecule has 0 amide bonds. The molecule has 26 heavy (non-hydrogen) atoms. The number of phenolic OH excluding ortho intramolecular Hbond substituents is 1. The standard InChI is InChI=1S/C17H20N8O/c1-11-9-24(10-12(2)21-11)17-18-8-15(22-23-17)14-4-3-13(7-16(14)26)25-19-5-6-20-25/h3-8,11-12,21,26H,9-10H2,1-2H3/t11-,12+. The highest BCUT2D eigenvalue weighted by Crippen LogP contribution is 2.29. The van der Waals surface area contributed by atoms with Gasteiger partial charge in [0.15, 0.2) is 0 Å². The number of nitrogens with zero attached hydrogens (tertiary/aromatic N) is 7. The fraction of sp³-hybridized carbons (Fsp3) is 0.353. The first kappa shape index (κ1) is 16.4. The van der Waals surface area contributed by atoms with E-state index in [1.165, 1.54) is 4.80 Å². The molecule has 1 fully saturated rings. The molecule has 0 unspecified atom stereocenters. The van der Waals surface area contributed by atoms with Gasteiger partial charge in [-0.05, 0) is 26.0 Å². The Labute approximate surface area is 150 Å². The van der Waals surface area contributed by atoms with E-state index in [2.05, 4.69) is 49.4 Å². The minimum absolute atomic E-state index is 0.0769. The number of aromatic nitrogens is 6. The van der Waals surface area contributed by atoms with Crippen molar-refractivity contribution in [2.24, 2.45) is 0 Å². The number of aromatic hydroxyl groups is 1. The SMILES string of the molecule is C[C@@H]1CN(c2ncc(-c3ccc(-n4nccn4)cc3O)nn2)C[C@H](C)N1. The third-order valence-corrected chi connectivity index (χ3v) is 4.30. The van der Waals surface area contributed by atoms with Crippen LogP contribution in [0.3, 0.4) is 0 Å². The Morgan fingerprint density at radius 1 is 1.08 bits per heavy atom. The first-order chi connectivity index (χ1) is 12.6. The molecule has 2 aromatic heterocycles. The zero-order valence-electron chi connectivity index (χ0n) is 14.6. The minimum atomic E-state index is 0.0769. The number of rotatable bonds is 3. The van der Waals surface area contributed by atoms with E-state index in [0.29, 0.717) is 35.0 Å². The van der Waals surface area contributed by atoms with E-state index in [4.69, 9.17) is 0 Å². The molecular formula is C17H20N8O. The molecule has 1 saturated heterocycles. The fourth-order valence-corrected chi connectivity index (χ4v) is 3.24. The fourth-order valence-electron chi connectivity index (χ4n) is 3.24. The first-order valence-corrected chi connectivity index (χ1v) is 8.51. The molecule has 3 heterocycles. The smallest absolute Gasteiger partial charge is 0.245 e. The highest BCUT2D eigenvalue weighted by molar-refractivity contribution is 5.67. The summed E-state index contributed by atoms with van der Waals surface area (Å²) >= 11 is 0. The predicted molar refractivity (Wildman–Crippen MR) is 96.1 cm³/mol. The van der Waals surface area contributed by atoms with Crippen molar-refractivity contribution in [2.45, 2.75) is 25.9 Å².